The summed E-state index contributed by atoms with van der Waals surface area (Å²) < 4.78 is 7.42. The van der Waals surface area contributed by atoms with E-state index in [4.69, 9.17) is 4.74 Å². The lowest BCUT2D eigenvalue weighted by molar-refractivity contribution is 0.127. The first-order valence-corrected chi connectivity index (χ1v) is 6.61. The first kappa shape index (κ1) is 12.3. The zero-order valence-electron chi connectivity index (χ0n) is 9.64. The van der Waals surface area contributed by atoms with Crippen molar-refractivity contribution in [2.75, 3.05) is 6.61 Å². The lowest BCUT2D eigenvalue weighted by Crippen LogP contribution is -2.06. The van der Waals surface area contributed by atoms with E-state index < -0.39 is 0 Å². The van der Waals surface area contributed by atoms with Gasteiger partial charge >= 0.3 is 0 Å². The molecule has 1 aromatic heterocycles. The molecule has 90 valence electrons. The molecule has 0 saturated heterocycles. The molecule has 0 atom stereocenters. The Balaban J connectivity index is 2.39. The Bertz CT molecular complexity index is 470. The normalized spacial score (nSPS) is 10.7. The van der Waals surface area contributed by atoms with Crippen LogP contribution in [0.15, 0.2) is 30.3 Å². The van der Waals surface area contributed by atoms with E-state index in [2.05, 4.69) is 26.1 Å². The number of benzene rings is 1. The average molecular weight is 296 g/mol. The van der Waals surface area contributed by atoms with Crippen LogP contribution in [0.5, 0.6) is 0 Å². The molecule has 0 saturated carbocycles. The molecule has 0 bridgehead atoms. The van der Waals surface area contributed by atoms with Crippen LogP contribution in [0.1, 0.15) is 18.6 Å². The summed E-state index contributed by atoms with van der Waals surface area (Å²) in [5.74, 6) is 1.71. The summed E-state index contributed by atoms with van der Waals surface area (Å²) in [5, 5.41) is 8.98. The Morgan fingerprint density at radius 2 is 1.88 bits per heavy atom. The monoisotopic (exact) mass is 295 g/mol. The fraction of sp³-hybridized carbons (Fsp3) is 0.333. The standard InChI is InChI=1S/C12H14BrN3O/c1-2-17-9-12-15-14-11(8-13)16(12)10-6-4-3-5-7-10/h3-7H,2,8-9H2,1H3. The Hall–Kier alpha value is -1.20. The molecule has 0 amide bonds. The van der Waals surface area contributed by atoms with Crippen molar-refractivity contribution < 1.29 is 4.74 Å². The summed E-state index contributed by atoms with van der Waals surface area (Å²) in [6.45, 7) is 3.12. The Labute approximate surface area is 109 Å². The predicted molar refractivity (Wildman–Crippen MR) is 69.3 cm³/mol. The molecule has 2 aromatic rings. The molecule has 0 N–H and O–H groups in total. The second kappa shape index (κ2) is 5.93. The van der Waals surface area contributed by atoms with Gasteiger partial charge in [0.2, 0.25) is 0 Å². The molecule has 2 rings (SSSR count). The zero-order chi connectivity index (χ0) is 12.1. The molecule has 4 nitrogen and oxygen atoms in total. The van der Waals surface area contributed by atoms with E-state index in [1.165, 1.54) is 0 Å². The number of para-hydroxylation sites is 1. The van der Waals surface area contributed by atoms with Gasteiger partial charge in [0, 0.05) is 12.3 Å². The molecule has 1 heterocycles. The smallest absolute Gasteiger partial charge is 0.163 e. The van der Waals surface area contributed by atoms with Gasteiger partial charge in [-0.15, -0.1) is 10.2 Å². The highest BCUT2D eigenvalue weighted by molar-refractivity contribution is 9.08. The van der Waals surface area contributed by atoms with Crippen molar-refractivity contribution >= 4 is 15.9 Å². The highest BCUT2D eigenvalue weighted by atomic mass is 79.9. The van der Waals surface area contributed by atoms with Crippen molar-refractivity contribution in [3.05, 3.63) is 42.0 Å². The number of nitrogens with zero attached hydrogens (tertiary/aromatic N) is 3. The van der Waals surface area contributed by atoms with E-state index in [-0.39, 0.29) is 0 Å². The third-order valence-corrected chi connectivity index (χ3v) is 2.87. The summed E-state index contributed by atoms with van der Waals surface area (Å²) in [5.41, 5.74) is 1.06. The predicted octanol–water partition coefficient (Wildman–Crippen LogP) is 2.70. The molecular weight excluding hydrogens is 282 g/mol. The highest BCUT2D eigenvalue weighted by Crippen LogP contribution is 2.15. The maximum Gasteiger partial charge on any atom is 0.163 e. The van der Waals surface area contributed by atoms with Gasteiger partial charge in [0.05, 0.1) is 5.33 Å². The van der Waals surface area contributed by atoms with Gasteiger partial charge in [-0.1, -0.05) is 34.1 Å². The van der Waals surface area contributed by atoms with Crippen molar-refractivity contribution in [3.8, 4) is 5.69 Å². The van der Waals surface area contributed by atoms with Gasteiger partial charge < -0.3 is 4.74 Å². The second-order valence-corrected chi connectivity index (χ2v) is 4.03. The van der Waals surface area contributed by atoms with Crippen LogP contribution < -0.4 is 0 Å². The van der Waals surface area contributed by atoms with Crippen LogP contribution in [-0.4, -0.2) is 21.4 Å². The Kier molecular flexibility index (Phi) is 4.28. The topological polar surface area (TPSA) is 39.9 Å². The van der Waals surface area contributed by atoms with Crippen molar-refractivity contribution in [2.45, 2.75) is 18.9 Å². The summed E-state index contributed by atoms with van der Waals surface area (Å²) in [6.07, 6.45) is 0. The molecule has 0 radical (unpaired) electrons. The molecular formula is C12H14BrN3O. The summed E-state index contributed by atoms with van der Waals surface area (Å²) >= 11 is 3.42. The van der Waals surface area contributed by atoms with E-state index in [1.807, 2.05) is 41.8 Å². The van der Waals surface area contributed by atoms with Crippen LogP contribution in [0.2, 0.25) is 0 Å². The van der Waals surface area contributed by atoms with Gasteiger partial charge in [0.25, 0.3) is 0 Å². The molecule has 0 unspecified atom stereocenters. The first-order valence-electron chi connectivity index (χ1n) is 5.49. The number of halogens is 1. The van der Waals surface area contributed by atoms with Gasteiger partial charge in [0.15, 0.2) is 5.82 Å². The van der Waals surface area contributed by atoms with Crippen LogP contribution in [0.4, 0.5) is 0 Å². The largest absolute Gasteiger partial charge is 0.374 e. The minimum atomic E-state index is 0.478. The Morgan fingerprint density at radius 1 is 1.18 bits per heavy atom. The third kappa shape index (κ3) is 2.73. The molecule has 0 fully saturated rings. The maximum absolute atomic E-state index is 5.40. The average Bonchev–Trinajstić information content (AvgIpc) is 2.80. The number of hydrogen-bond acceptors (Lipinski definition) is 3. The van der Waals surface area contributed by atoms with Crippen molar-refractivity contribution in [1.29, 1.82) is 0 Å². The van der Waals surface area contributed by atoms with Gasteiger partial charge in [-0.25, -0.2) is 0 Å². The lowest BCUT2D eigenvalue weighted by Gasteiger charge is -2.08. The van der Waals surface area contributed by atoms with E-state index in [0.29, 0.717) is 18.5 Å². The van der Waals surface area contributed by atoms with Crippen LogP contribution >= 0.6 is 15.9 Å². The van der Waals surface area contributed by atoms with Crippen LogP contribution in [-0.2, 0) is 16.7 Å². The van der Waals surface area contributed by atoms with E-state index in [9.17, 15) is 0 Å². The quantitative estimate of drug-likeness (QED) is 0.796. The molecule has 17 heavy (non-hydrogen) atoms. The molecule has 1 aromatic carbocycles. The first-order chi connectivity index (χ1) is 8.36. The number of ether oxygens (including phenoxy) is 1. The number of alkyl halides is 1. The second-order valence-electron chi connectivity index (χ2n) is 3.47. The number of hydrogen-bond donors (Lipinski definition) is 0. The number of aromatic nitrogens is 3. The fourth-order valence-electron chi connectivity index (χ4n) is 1.60. The summed E-state index contributed by atoms with van der Waals surface area (Å²) in [7, 11) is 0. The van der Waals surface area contributed by atoms with Crippen LogP contribution in [0.25, 0.3) is 5.69 Å². The summed E-state index contributed by atoms with van der Waals surface area (Å²) in [4.78, 5) is 0. The third-order valence-electron chi connectivity index (χ3n) is 2.37. The van der Waals surface area contributed by atoms with Crippen molar-refractivity contribution in [2.24, 2.45) is 0 Å². The minimum absolute atomic E-state index is 0.478. The molecule has 0 spiro atoms. The van der Waals surface area contributed by atoms with Crippen LogP contribution in [0.3, 0.4) is 0 Å². The fourth-order valence-corrected chi connectivity index (χ4v) is 1.97. The minimum Gasteiger partial charge on any atom is -0.374 e. The van der Waals surface area contributed by atoms with Gasteiger partial charge in [-0.3, -0.25) is 4.57 Å². The van der Waals surface area contributed by atoms with E-state index in [1.54, 1.807) is 0 Å². The molecule has 0 aliphatic heterocycles. The van der Waals surface area contributed by atoms with E-state index in [0.717, 1.165) is 17.3 Å². The van der Waals surface area contributed by atoms with E-state index >= 15 is 0 Å². The molecule has 0 aliphatic carbocycles. The number of rotatable bonds is 5. The van der Waals surface area contributed by atoms with Crippen LogP contribution in [0, 0.1) is 0 Å². The SMILES string of the molecule is CCOCc1nnc(CBr)n1-c1ccccc1. The molecule has 5 heteroatoms. The van der Waals surface area contributed by atoms with Crippen molar-refractivity contribution in [1.82, 2.24) is 14.8 Å². The molecule has 0 aliphatic rings. The Morgan fingerprint density at radius 3 is 2.53 bits per heavy atom. The summed E-state index contributed by atoms with van der Waals surface area (Å²) in [6, 6.07) is 10.1. The zero-order valence-corrected chi connectivity index (χ0v) is 11.2. The van der Waals surface area contributed by atoms with Gasteiger partial charge in [0.1, 0.15) is 12.4 Å². The lowest BCUT2D eigenvalue weighted by atomic mass is 10.3. The van der Waals surface area contributed by atoms with Gasteiger partial charge in [-0.2, -0.15) is 0 Å². The maximum atomic E-state index is 5.40. The van der Waals surface area contributed by atoms with Crippen molar-refractivity contribution in [3.63, 3.8) is 0 Å². The van der Waals surface area contributed by atoms with Gasteiger partial charge in [-0.05, 0) is 19.1 Å². The highest BCUT2D eigenvalue weighted by Gasteiger charge is 2.12.